The Labute approximate surface area is 194 Å². The van der Waals surface area contributed by atoms with Crippen molar-refractivity contribution in [1.29, 1.82) is 0 Å². The van der Waals surface area contributed by atoms with Gasteiger partial charge in [0, 0.05) is 6.04 Å². The fourth-order valence-corrected chi connectivity index (χ4v) is 10.3. The van der Waals surface area contributed by atoms with Crippen LogP contribution in [0, 0.1) is 11.8 Å². The second-order valence-electron chi connectivity index (χ2n) is 9.14. The third-order valence-electron chi connectivity index (χ3n) is 5.86. The highest BCUT2D eigenvalue weighted by atomic mass is 32.4. The van der Waals surface area contributed by atoms with Crippen molar-refractivity contribution in [1.82, 2.24) is 5.32 Å². The molecule has 2 saturated heterocycles. The summed E-state index contributed by atoms with van der Waals surface area (Å²) < 4.78 is 13.0. The summed E-state index contributed by atoms with van der Waals surface area (Å²) in [5.41, 5.74) is 1.06. The van der Waals surface area contributed by atoms with Gasteiger partial charge in [-0.3, -0.25) is 0 Å². The second-order valence-corrected chi connectivity index (χ2v) is 13.9. The Kier molecular flexibility index (Phi) is 9.37. The van der Waals surface area contributed by atoms with Crippen molar-refractivity contribution in [3.63, 3.8) is 0 Å². The molecule has 3 nitrogen and oxygen atoms in total. The zero-order chi connectivity index (χ0) is 22.3. The molecule has 2 aromatic carbocycles. The molecule has 0 bridgehead atoms. The van der Waals surface area contributed by atoms with Gasteiger partial charge in [-0.2, -0.15) is 0 Å². The Hall–Kier alpha value is -0.965. The minimum atomic E-state index is -2.07. The Morgan fingerprint density at radius 3 is 1.68 bits per heavy atom. The van der Waals surface area contributed by atoms with Crippen LogP contribution in [-0.2, 0) is 21.1 Å². The van der Waals surface area contributed by atoms with E-state index in [2.05, 4.69) is 69.4 Å². The maximum absolute atomic E-state index is 6.51. The summed E-state index contributed by atoms with van der Waals surface area (Å²) in [5, 5.41) is 4.50. The first kappa shape index (κ1) is 24.7. The van der Waals surface area contributed by atoms with Crippen LogP contribution in [-0.4, -0.2) is 31.9 Å². The summed E-state index contributed by atoms with van der Waals surface area (Å²) >= 11 is 6.38. The molecule has 2 aliphatic rings. The SMILES string of the molecule is C1CCNCC1.CC(C)C1OB(c2ccccc2)OC(C(C)C)P1(=S)c1ccccc1. The quantitative estimate of drug-likeness (QED) is 0.520. The molecule has 0 saturated carbocycles. The Morgan fingerprint density at radius 1 is 0.806 bits per heavy atom. The van der Waals surface area contributed by atoms with E-state index in [1.165, 1.54) is 37.7 Å². The summed E-state index contributed by atoms with van der Waals surface area (Å²) in [6, 6.07) is 18.6. The second kappa shape index (κ2) is 11.8. The number of hydrogen-bond acceptors (Lipinski definition) is 4. The fraction of sp³-hybridized carbons (Fsp3) is 0.520. The van der Waals surface area contributed by atoms with Crippen LogP contribution in [0.15, 0.2) is 60.7 Å². The predicted molar refractivity (Wildman–Crippen MR) is 138 cm³/mol. The van der Waals surface area contributed by atoms with Gasteiger partial charge in [-0.25, -0.2) is 0 Å². The molecular formula is C25H37BNO2PS. The molecule has 0 aromatic heterocycles. The van der Waals surface area contributed by atoms with E-state index in [0.717, 1.165) is 5.46 Å². The molecular weight excluding hydrogens is 420 g/mol. The van der Waals surface area contributed by atoms with Crippen molar-refractivity contribution in [2.24, 2.45) is 11.8 Å². The molecule has 0 radical (unpaired) electrons. The Balaban J connectivity index is 0.000000391. The lowest BCUT2D eigenvalue weighted by Crippen LogP contribution is -2.52. The average Bonchev–Trinajstić information content (AvgIpc) is 2.81. The lowest BCUT2D eigenvalue weighted by molar-refractivity contribution is 0.106. The van der Waals surface area contributed by atoms with Crippen molar-refractivity contribution in [3.05, 3.63) is 60.7 Å². The zero-order valence-electron chi connectivity index (χ0n) is 19.4. The number of piperidine rings is 1. The van der Waals surface area contributed by atoms with Gasteiger partial charge in [-0.15, -0.1) is 0 Å². The van der Waals surface area contributed by atoms with Gasteiger partial charge in [-0.05, 0) is 48.5 Å². The lowest BCUT2D eigenvalue weighted by Gasteiger charge is -2.47. The fourth-order valence-electron chi connectivity index (χ4n) is 4.33. The molecule has 0 spiro atoms. The number of rotatable bonds is 4. The molecule has 2 aromatic rings. The first-order valence-electron chi connectivity index (χ1n) is 11.7. The Morgan fingerprint density at radius 2 is 1.29 bits per heavy atom. The molecule has 0 aliphatic carbocycles. The van der Waals surface area contributed by atoms with Gasteiger partial charge in [-0.1, -0.05) is 107 Å². The normalized spacial score (nSPS) is 26.5. The highest BCUT2D eigenvalue weighted by molar-refractivity contribution is 8.18. The molecule has 31 heavy (non-hydrogen) atoms. The third kappa shape index (κ3) is 6.09. The molecule has 6 heteroatoms. The largest absolute Gasteiger partial charge is 0.494 e. The minimum Gasteiger partial charge on any atom is -0.399 e. The zero-order valence-corrected chi connectivity index (χ0v) is 21.1. The van der Waals surface area contributed by atoms with Crippen LogP contribution < -0.4 is 16.1 Å². The molecule has 168 valence electrons. The van der Waals surface area contributed by atoms with Crippen LogP contribution in [0.1, 0.15) is 47.0 Å². The van der Waals surface area contributed by atoms with Crippen molar-refractivity contribution in [2.45, 2.75) is 58.6 Å². The van der Waals surface area contributed by atoms with Crippen molar-refractivity contribution >= 4 is 35.7 Å². The van der Waals surface area contributed by atoms with Gasteiger partial charge >= 0.3 is 7.12 Å². The van der Waals surface area contributed by atoms with Crippen LogP contribution in [0.5, 0.6) is 0 Å². The standard InChI is InChI=1S/C20H26BO2PS.C5H11N/c1-15(2)19-22-21(17-11-7-5-8-12-17)23-20(16(3)4)24(19,25)18-13-9-6-10-14-18;1-2-4-6-5-3-1/h5-16,19-20H,1-4H3;6H,1-5H2. The van der Waals surface area contributed by atoms with Crippen molar-refractivity contribution in [3.8, 4) is 0 Å². The monoisotopic (exact) mass is 457 g/mol. The van der Waals surface area contributed by atoms with E-state index in [9.17, 15) is 0 Å². The number of nitrogens with one attached hydrogen (secondary N) is 1. The molecule has 1 N–H and O–H groups in total. The van der Waals surface area contributed by atoms with Gasteiger partial charge in [0.15, 0.2) is 0 Å². The molecule has 4 rings (SSSR count). The first-order valence-corrected chi connectivity index (χ1v) is 14.6. The van der Waals surface area contributed by atoms with Crippen molar-refractivity contribution in [2.75, 3.05) is 13.1 Å². The van der Waals surface area contributed by atoms with Crippen LogP contribution in [0.3, 0.4) is 0 Å². The van der Waals surface area contributed by atoms with Gasteiger partial charge in [0.25, 0.3) is 0 Å². The molecule has 2 atom stereocenters. The van der Waals surface area contributed by atoms with E-state index < -0.39 is 6.04 Å². The summed E-state index contributed by atoms with van der Waals surface area (Å²) in [4.78, 5) is 0. The van der Waals surface area contributed by atoms with E-state index in [0.29, 0.717) is 11.8 Å². The van der Waals surface area contributed by atoms with E-state index in [1.54, 1.807) is 0 Å². The lowest BCUT2D eigenvalue weighted by atomic mass is 9.78. The van der Waals surface area contributed by atoms with Crippen LogP contribution in [0.4, 0.5) is 0 Å². The molecule has 2 unspecified atom stereocenters. The average molecular weight is 457 g/mol. The van der Waals surface area contributed by atoms with E-state index in [1.807, 2.05) is 24.3 Å². The van der Waals surface area contributed by atoms with Crippen LogP contribution in [0.25, 0.3) is 0 Å². The van der Waals surface area contributed by atoms with Crippen LogP contribution >= 0.6 is 6.04 Å². The molecule has 2 fully saturated rings. The topological polar surface area (TPSA) is 30.5 Å². The van der Waals surface area contributed by atoms with Crippen molar-refractivity contribution < 1.29 is 9.31 Å². The number of hydrogen-bond donors (Lipinski definition) is 1. The van der Waals surface area contributed by atoms with Gasteiger partial charge in [0.2, 0.25) is 0 Å². The minimum absolute atomic E-state index is 0.0104. The van der Waals surface area contributed by atoms with E-state index in [-0.39, 0.29) is 18.8 Å². The smallest absolute Gasteiger partial charge is 0.399 e. The van der Waals surface area contributed by atoms with Gasteiger partial charge < -0.3 is 14.6 Å². The molecule has 0 amide bonds. The number of benzene rings is 2. The van der Waals surface area contributed by atoms with Gasteiger partial charge in [0.05, 0.1) is 11.7 Å². The van der Waals surface area contributed by atoms with E-state index >= 15 is 0 Å². The molecule has 2 aliphatic heterocycles. The summed E-state index contributed by atoms with van der Waals surface area (Å²) in [5.74, 6) is 0.692. The maximum atomic E-state index is 6.51. The predicted octanol–water partition coefficient (Wildman–Crippen LogP) is 4.96. The highest BCUT2D eigenvalue weighted by Crippen LogP contribution is 2.62. The van der Waals surface area contributed by atoms with Gasteiger partial charge in [0.1, 0.15) is 0 Å². The summed E-state index contributed by atoms with van der Waals surface area (Å²) in [7, 11) is -0.346. The summed E-state index contributed by atoms with van der Waals surface area (Å²) in [6.07, 6.45) is 4.22. The third-order valence-corrected chi connectivity index (χ3v) is 11.8. The summed E-state index contributed by atoms with van der Waals surface area (Å²) in [6.45, 7) is 11.3. The van der Waals surface area contributed by atoms with E-state index in [4.69, 9.17) is 21.1 Å². The first-order chi connectivity index (χ1) is 14.9. The highest BCUT2D eigenvalue weighted by Gasteiger charge is 2.50. The maximum Gasteiger partial charge on any atom is 0.494 e. The molecule has 2 heterocycles. The Bertz CT molecular complexity index is 796. The van der Waals surface area contributed by atoms with Crippen LogP contribution in [0.2, 0.25) is 0 Å².